The minimum Gasteiger partial charge on any atom is -0.389 e. The fourth-order valence-corrected chi connectivity index (χ4v) is 9.16. The van der Waals surface area contributed by atoms with E-state index in [1.54, 1.807) is 4.90 Å². The van der Waals surface area contributed by atoms with Gasteiger partial charge in [0.1, 0.15) is 16.6 Å². The predicted octanol–water partition coefficient (Wildman–Crippen LogP) is 3.70. The Labute approximate surface area is 270 Å². The molecule has 0 bridgehead atoms. The van der Waals surface area contributed by atoms with E-state index in [9.17, 15) is 31.9 Å². The second-order valence-corrected chi connectivity index (χ2v) is 15.2. The second kappa shape index (κ2) is 13.3. The molecule has 10 nitrogen and oxygen atoms in total. The number of aryl methyl sites for hydroxylation is 1. The van der Waals surface area contributed by atoms with Crippen molar-refractivity contribution < 1.29 is 31.9 Å². The third-order valence-electron chi connectivity index (χ3n) is 8.87. The molecule has 14 heteroatoms. The van der Waals surface area contributed by atoms with Gasteiger partial charge in [-0.25, -0.2) is 22.2 Å². The molecule has 6 rings (SSSR count). The summed E-state index contributed by atoms with van der Waals surface area (Å²) in [5.74, 6) is -2.59. The number of sulfonamides is 1. The van der Waals surface area contributed by atoms with Crippen molar-refractivity contribution in [3.05, 3.63) is 80.8 Å². The quantitative estimate of drug-likeness (QED) is 0.316. The summed E-state index contributed by atoms with van der Waals surface area (Å²) in [7, 11) is -3.64. The van der Waals surface area contributed by atoms with E-state index >= 15 is 0 Å². The van der Waals surface area contributed by atoms with Gasteiger partial charge in [0, 0.05) is 47.4 Å². The zero-order valence-corrected chi connectivity index (χ0v) is 27.0. The highest BCUT2D eigenvalue weighted by Gasteiger charge is 2.36. The van der Waals surface area contributed by atoms with Crippen molar-refractivity contribution in [3.63, 3.8) is 0 Å². The number of carbonyl (C=O) groups is 2. The largest absolute Gasteiger partial charge is 0.389 e. The third kappa shape index (κ3) is 6.94. The number of benzene rings is 2. The molecular formula is C32H37F2N5O5S2. The van der Waals surface area contributed by atoms with Crippen LogP contribution >= 0.6 is 11.3 Å². The highest BCUT2D eigenvalue weighted by atomic mass is 32.2. The summed E-state index contributed by atoms with van der Waals surface area (Å²) in [5, 5.41) is 20.1. The van der Waals surface area contributed by atoms with E-state index in [2.05, 4.69) is 15.6 Å². The molecule has 1 aromatic heterocycles. The van der Waals surface area contributed by atoms with E-state index in [1.165, 1.54) is 33.8 Å². The number of aliphatic hydroxyl groups excluding tert-OH is 1. The maximum Gasteiger partial charge on any atom is 0.254 e. The Kier molecular flexibility index (Phi) is 9.42. The predicted molar refractivity (Wildman–Crippen MR) is 170 cm³/mol. The van der Waals surface area contributed by atoms with Crippen molar-refractivity contribution in [1.29, 1.82) is 0 Å². The van der Waals surface area contributed by atoms with E-state index in [0.29, 0.717) is 25.9 Å². The maximum atomic E-state index is 14.1. The van der Waals surface area contributed by atoms with Crippen LogP contribution in [0.15, 0.2) is 41.8 Å². The number of thiazole rings is 1. The lowest BCUT2D eigenvalue weighted by Gasteiger charge is -2.29. The van der Waals surface area contributed by atoms with E-state index in [0.717, 1.165) is 48.2 Å². The second-order valence-electron chi connectivity index (χ2n) is 12.2. The monoisotopic (exact) mass is 673 g/mol. The van der Waals surface area contributed by atoms with Gasteiger partial charge in [-0.15, -0.1) is 11.3 Å². The summed E-state index contributed by atoms with van der Waals surface area (Å²) < 4.78 is 55.2. The molecule has 0 saturated carbocycles. The fraction of sp³-hybridized carbons (Fsp3) is 0.469. The number of rotatable bonds is 9. The van der Waals surface area contributed by atoms with Crippen LogP contribution in [-0.2, 0) is 16.4 Å². The first-order valence-electron chi connectivity index (χ1n) is 15.5. The molecule has 2 aromatic carbocycles. The smallest absolute Gasteiger partial charge is 0.254 e. The normalized spacial score (nSPS) is 22.3. The minimum absolute atomic E-state index is 0.0331. The fourth-order valence-electron chi connectivity index (χ4n) is 6.67. The van der Waals surface area contributed by atoms with Gasteiger partial charge in [0.25, 0.3) is 11.8 Å². The number of nitrogens with one attached hydrogen (secondary N) is 2. The van der Waals surface area contributed by atoms with Crippen molar-refractivity contribution in [2.45, 2.75) is 69.7 Å². The average Bonchev–Trinajstić information content (AvgIpc) is 3.83. The molecule has 46 heavy (non-hydrogen) atoms. The molecule has 2 amide bonds. The third-order valence-corrected chi connectivity index (χ3v) is 11.8. The number of likely N-dealkylation sites (tertiary alicyclic amines) is 1. The molecule has 4 atom stereocenters. The lowest BCUT2D eigenvalue weighted by atomic mass is 9.94. The molecule has 246 valence electrons. The number of nitrogens with zero attached hydrogens (tertiary/aromatic N) is 3. The number of hydrogen-bond donors (Lipinski definition) is 3. The van der Waals surface area contributed by atoms with Crippen LogP contribution in [0, 0.1) is 18.6 Å². The SMILES string of the molecule is Cc1csc([C@H]2CCCN2C(=O)c2cc(C(=O)N[C@@H](Cc3cc(F)cc(F)c3)[C@@H](O)[C@H]3CCCN3)cc(N3CCCS3(=O)=O)c2)n1. The van der Waals surface area contributed by atoms with Gasteiger partial charge in [-0.1, -0.05) is 0 Å². The first kappa shape index (κ1) is 32.5. The molecule has 3 aliphatic heterocycles. The standard InChI is InChI=1S/C32H37F2N5O5S2/c1-19-18-45-31(36-19)28-6-3-8-38(28)32(42)22-14-21(15-25(16-22)39-9-4-10-46(39,43)44)30(41)37-27(29(40)26-5-2-7-35-26)13-20-11-23(33)17-24(34)12-20/h11-12,14-18,26-29,35,40H,2-10,13H2,1H3,(H,37,41)/t26-,27+,28-,29+/m1/s1. The molecule has 0 radical (unpaired) electrons. The van der Waals surface area contributed by atoms with Gasteiger partial charge in [0.2, 0.25) is 10.0 Å². The first-order valence-corrected chi connectivity index (χ1v) is 18.0. The lowest BCUT2D eigenvalue weighted by Crippen LogP contribution is -2.52. The van der Waals surface area contributed by atoms with Crippen LogP contribution < -0.4 is 14.9 Å². The maximum absolute atomic E-state index is 14.1. The molecule has 3 aliphatic rings. The number of hydrogen-bond acceptors (Lipinski definition) is 8. The highest BCUT2D eigenvalue weighted by Crippen LogP contribution is 2.36. The number of aliphatic hydroxyl groups is 1. The molecule has 0 spiro atoms. The Morgan fingerprint density at radius 1 is 1.07 bits per heavy atom. The lowest BCUT2D eigenvalue weighted by molar-refractivity contribution is 0.0733. The molecule has 3 aromatic rings. The van der Waals surface area contributed by atoms with Crippen LogP contribution in [0.25, 0.3) is 0 Å². The van der Waals surface area contributed by atoms with E-state index < -0.39 is 39.7 Å². The van der Waals surface area contributed by atoms with Gasteiger partial charge in [-0.3, -0.25) is 13.9 Å². The molecule has 3 N–H and O–H groups in total. The van der Waals surface area contributed by atoms with Gasteiger partial charge in [-0.05, 0) is 87.9 Å². The van der Waals surface area contributed by atoms with E-state index in [1.807, 2.05) is 12.3 Å². The van der Waals surface area contributed by atoms with E-state index in [-0.39, 0.29) is 59.1 Å². The van der Waals surface area contributed by atoms with Gasteiger partial charge >= 0.3 is 0 Å². The van der Waals surface area contributed by atoms with Crippen molar-refractivity contribution in [1.82, 2.24) is 20.5 Å². The molecule has 4 heterocycles. The number of halogens is 2. The Morgan fingerprint density at radius 2 is 1.83 bits per heavy atom. The van der Waals surface area contributed by atoms with Gasteiger partial charge in [-0.2, -0.15) is 0 Å². The topological polar surface area (TPSA) is 132 Å². The summed E-state index contributed by atoms with van der Waals surface area (Å²) in [5.41, 5.74) is 1.52. The summed E-state index contributed by atoms with van der Waals surface area (Å²) >= 11 is 1.48. The van der Waals surface area contributed by atoms with Gasteiger partial charge in [0.15, 0.2) is 0 Å². The Hall–Kier alpha value is -3.46. The Balaban J connectivity index is 1.34. The molecule has 3 saturated heterocycles. The number of amides is 2. The first-order chi connectivity index (χ1) is 22.0. The summed E-state index contributed by atoms with van der Waals surface area (Å²) in [6.07, 6.45) is 2.25. The van der Waals surface area contributed by atoms with Gasteiger partial charge in [0.05, 0.1) is 29.6 Å². The van der Waals surface area contributed by atoms with Gasteiger partial charge < -0.3 is 20.6 Å². The Bertz CT molecular complexity index is 1710. The van der Waals surface area contributed by atoms with Crippen LogP contribution in [0.5, 0.6) is 0 Å². The summed E-state index contributed by atoms with van der Waals surface area (Å²) in [6, 6.07) is 5.92. The molecule has 0 aliphatic carbocycles. The van der Waals surface area contributed by atoms with E-state index in [4.69, 9.17) is 0 Å². The molecule has 3 fully saturated rings. The van der Waals surface area contributed by atoms with Crippen molar-refractivity contribution in [2.75, 3.05) is 29.7 Å². The van der Waals surface area contributed by atoms with Crippen LogP contribution in [0.1, 0.15) is 75.1 Å². The molecular weight excluding hydrogens is 637 g/mol. The van der Waals surface area contributed by atoms with Crippen molar-refractivity contribution >= 4 is 38.9 Å². The number of anilines is 1. The van der Waals surface area contributed by atoms with Crippen molar-refractivity contribution in [2.24, 2.45) is 0 Å². The van der Waals surface area contributed by atoms with Crippen LogP contribution in [0.2, 0.25) is 0 Å². The van der Waals surface area contributed by atoms with Crippen LogP contribution in [0.4, 0.5) is 14.5 Å². The minimum atomic E-state index is -3.64. The highest BCUT2D eigenvalue weighted by molar-refractivity contribution is 7.93. The summed E-state index contributed by atoms with van der Waals surface area (Å²) in [4.78, 5) is 34.3. The number of carbonyl (C=O) groups excluding carboxylic acids is 2. The van der Waals surface area contributed by atoms with Crippen LogP contribution in [-0.4, -0.2) is 78.8 Å². The van der Waals surface area contributed by atoms with Crippen molar-refractivity contribution in [3.8, 4) is 0 Å². The zero-order valence-electron chi connectivity index (χ0n) is 25.4. The number of aromatic nitrogens is 1. The Morgan fingerprint density at radius 3 is 2.48 bits per heavy atom. The molecule has 0 unspecified atom stereocenters. The summed E-state index contributed by atoms with van der Waals surface area (Å²) in [6.45, 7) is 3.28. The average molecular weight is 674 g/mol. The van der Waals surface area contributed by atoms with Crippen LogP contribution in [0.3, 0.4) is 0 Å². The zero-order chi connectivity index (χ0) is 32.6.